The average molecular weight is 438 g/mol. The lowest BCUT2D eigenvalue weighted by molar-refractivity contribution is -0.126. The van der Waals surface area contributed by atoms with Crippen molar-refractivity contribution in [3.63, 3.8) is 0 Å². The summed E-state index contributed by atoms with van der Waals surface area (Å²) in [6.07, 6.45) is 0.840. The number of nitrogens with zero attached hydrogens (tertiary/aromatic N) is 3. The summed E-state index contributed by atoms with van der Waals surface area (Å²) in [7, 11) is -3.91. The molecule has 1 aromatic carbocycles. The van der Waals surface area contributed by atoms with Gasteiger partial charge in [0.1, 0.15) is 28.3 Å². The molecule has 1 amide bonds. The maximum Gasteiger partial charge on any atom is 0.248 e. The second-order valence-corrected chi connectivity index (χ2v) is 8.97. The SMILES string of the molecule is Cc1noc(C)c1S(=O)(=O)N1CCCC(C(=O)NC(C#N)c2ccc(F)cc2F)C1. The number of hydrogen-bond acceptors (Lipinski definition) is 6. The van der Waals surface area contributed by atoms with E-state index in [0.717, 1.165) is 12.1 Å². The van der Waals surface area contributed by atoms with Gasteiger partial charge in [0.05, 0.1) is 12.0 Å². The Labute approximate surface area is 172 Å². The number of rotatable bonds is 5. The molecule has 160 valence electrons. The quantitative estimate of drug-likeness (QED) is 0.766. The molecule has 2 heterocycles. The van der Waals surface area contributed by atoms with E-state index in [9.17, 15) is 27.3 Å². The molecule has 30 heavy (non-hydrogen) atoms. The van der Waals surface area contributed by atoms with Gasteiger partial charge in [-0.2, -0.15) is 9.57 Å². The van der Waals surface area contributed by atoms with Crippen molar-refractivity contribution < 1.29 is 26.5 Å². The van der Waals surface area contributed by atoms with Crippen molar-refractivity contribution in [2.24, 2.45) is 5.92 Å². The zero-order valence-corrected chi connectivity index (χ0v) is 17.2. The third-order valence-electron chi connectivity index (χ3n) is 5.01. The summed E-state index contributed by atoms with van der Waals surface area (Å²) in [5, 5.41) is 15.4. The highest BCUT2D eigenvalue weighted by atomic mass is 32.2. The third-order valence-corrected chi connectivity index (χ3v) is 7.12. The second kappa shape index (κ2) is 8.49. The Balaban J connectivity index is 1.76. The fourth-order valence-electron chi connectivity index (χ4n) is 3.52. The minimum absolute atomic E-state index is 0.0214. The van der Waals surface area contributed by atoms with E-state index in [1.54, 1.807) is 6.07 Å². The van der Waals surface area contributed by atoms with Crippen molar-refractivity contribution in [3.05, 3.63) is 46.9 Å². The summed E-state index contributed by atoms with van der Waals surface area (Å²) < 4.78 is 59.2. The molecule has 1 aliphatic heterocycles. The van der Waals surface area contributed by atoms with Crippen molar-refractivity contribution in [2.75, 3.05) is 13.1 Å². The summed E-state index contributed by atoms with van der Waals surface area (Å²) in [5.41, 5.74) is 0.0682. The van der Waals surface area contributed by atoms with Gasteiger partial charge in [0.15, 0.2) is 5.76 Å². The largest absolute Gasteiger partial charge is 0.360 e. The molecular formula is C19H20F2N4O4S. The van der Waals surface area contributed by atoms with Gasteiger partial charge >= 0.3 is 0 Å². The van der Waals surface area contributed by atoms with Crippen molar-refractivity contribution in [1.29, 1.82) is 5.26 Å². The van der Waals surface area contributed by atoms with E-state index in [2.05, 4.69) is 10.5 Å². The number of aryl methyl sites for hydroxylation is 2. The van der Waals surface area contributed by atoms with Gasteiger partial charge in [-0.3, -0.25) is 4.79 Å². The molecular weight excluding hydrogens is 418 g/mol. The smallest absolute Gasteiger partial charge is 0.248 e. The molecule has 0 aliphatic carbocycles. The van der Waals surface area contributed by atoms with E-state index < -0.39 is 39.5 Å². The summed E-state index contributed by atoms with van der Waals surface area (Å²) in [6.45, 7) is 3.15. The topological polar surface area (TPSA) is 116 Å². The van der Waals surface area contributed by atoms with E-state index in [0.29, 0.717) is 18.9 Å². The Bertz CT molecular complexity index is 1090. The summed E-state index contributed by atoms with van der Waals surface area (Å²) in [5.74, 6) is -2.90. The first-order valence-corrected chi connectivity index (χ1v) is 10.7. The van der Waals surface area contributed by atoms with Crippen LogP contribution in [0.25, 0.3) is 0 Å². The predicted molar refractivity (Wildman–Crippen MR) is 100 cm³/mol. The Morgan fingerprint density at radius 3 is 2.73 bits per heavy atom. The Hall–Kier alpha value is -2.84. The Morgan fingerprint density at radius 2 is 2.13 bits per heavy atom. The molecule has 0 spiro atoms. The van der Waals surface area contributed by atoms with Crippen LogP contribution in [0.5, 0.6) is 0 Å². The molecule has 1 aromatic heterocycles. The number of sulfonamides is 1. The lowest BCUT2D eigenvalue weighted by Gasteiger charge is -2.31. The number of benzene rings is 1. The molecule has 1 aliphatic rings. The predicted octanol–water partition coefficient (Wildman–Crippen LogP) is 2.35. The molecule has 2 aromatic rings. The van der Waals surface area contributed by atoms with Crippen LogP contribution in [0, 0.1) is 42.7 Å². The molecule has 0 radical (unpaired) electrons. The summed E-state index contributed by atoms with van der Waals surface area (Å²) in [6, 6.07) is 3.17. The average Bonchev–Trinajstić information content (AvgIpc) is 3.05. The van der Waals surface area contributed by atoms with Crippen molar-refractivity contribution in [1.82, 2.24) is 14.8 Å². The van der Waals surface area contributed by atoms with Crippen LogP contribution in [0.4, 0.5) is 8.78 Å². The van der Waals surface area contributed by atoms with Gasteiger partial charge in [0.25, 0.3) is 0 Å². The molecule has 11 heteroatoms. The zero-order chi connectivity index (χ0) is 22.1. The van der Waals surface area contributed by atoms with Crippen LogP contribution in [-0.4, -0.2) is 36.9 Å². The van der Waals surface area contributed by atoms with Gasteiger partial charge in [-0.05, 0) is 32.8 Å². The highest BCUT2D eigenvalue weighted by Crippen LogP contribution is 2.28. The number of carbonyl (C=O) groups is 1. The number of carbonyl (C=O) groups excluding carboxylic acids is 1. The van der Waals surface area contributed by atoms with Crippen LogP contribution in [0.3, 0.4) is 0 Å². The van der Waals surface area contributed by atoms with Gasteiger partial charge in [-0.15, -0.1) is 0 Å². The highest BCUT2D eigenvalue weighted by molar-refractivity contribution is 7.89. The first kappa shape index (κ1) is 21.9. The van der Waals surface area contributed by atoms with Gasteiger partial charge in [0, 0.05) is 24.7 Å². The number of nitriles is 1. The number of aromatic nitrogens is 1. The normalized spacial score (nSPS) is 18.6. The number of nitrogens with one attached hydrogen (secondary N) is 1. The molecule has 1 saturated heterocycles. The first-order chi connectivity index (χ1) is 14.1. The molecule has 1 N–H and O–H groups in total. The van der Waals surface area contributed by atoms with E-state index in [1.807, 2.05) is 0 Å². The van der Waals surface area contributed by atoms with Crippen LogP contribution in [0.2, 0.25) is 0 Å². The van der Waals surface area contributed by atoms with Crippen LogP contribution < -0.4 is 5.32 Å². The molecule has 2 atom stereocenters. The van der Waals surface area contributed by atoms with E-state index in [-0.39, 0.29) is 35.0 Å². The fraction of sp³-hybridized carbons (Fsp3) is 0.421. The van der Waals surface area contributed by atoms with Crippen LogP contribution in [0.15, 0.2) is 27.6 Å². The van der Waals surface area contributed by atoms with Crippen LogP contribution in [0.1, 0.15) is 35.9 Å². The minimum atomic E-state index is -3.91. The standard InChI is InChI=1S/C19H20F2N4O4S/c1-11-18(12(2)29-24-11)30(27,28)25-7-3-4-13(10-25)19(26)23-17(9-22)15-6-5-14(20)8-16(15)21/h5-6,8,13,17H,3-4,7,10H2,1-2H3,(H,23,26). The first-order valence-electron chi connectivity index (χ1n) is 9.23. The minimum Gasteiger partial charge on any atom is -0.360 e. The van der Waals surface area contributed by atoms with Gasteiger partial charge in [-0.1, -0.05) is 11.2 Å². The van der Waals surface area contributed by atoms with E-state index >= 15 is 0 Å². The second-order valence-electron chi connectivity index (χ2n) is 7.09. The van der Waals surface area contributed by atoms with Crippen LogP contribution in [-0.2, 0) is 14.8 Å². The number of halogens is 2. The molecule has 3 rings (SSSR count). The lowest BCUT2D eigenvalue weighted by Crippen LogP contribution is -2.46. The summed E-state index contributed by atoms with van der Waals surface area (Å²) >= 11 is 0. The highest BCUT2D eigenvalue weighted by Gasteiger charge is 2.37. The summed E-state index contributed by atoms with van der Waals surface area (Å²) in [4.78, 5) is 12.7. The van der Waals surface area contributed by atoms with Crippen molar-refractivity contribution >= 4 is 15.9 Å². The number of piperidine rings is 1. The van der Waals surface area contributed by atoms with Gasteiger partial charge in [-0.25, -0.2) is 17.2 Å². The van der Waals surface area contributed by atoms with Crippen molar-refractivity contribution in [2.45, 2.75) is 37.6 Å². The zero-order valence-electron chi connectivity index (χ0n) is 16.4. The third kappa shape index (κ3) is 4.20. The van der Waals surface area contributed by atoms with Gasteiger partial charge in [0.2, 0.25) is 15.9 Å². The Morgan fingerprint density at radius 1 is 1.40 bits per heavy atom. The molecule has 8 nitrogen and oxygen atoms in total. The molecule has 0 bridgehead atoms. The number of amides is 1. The monoisotopic (exact) mass is 438 g/mol. The van der Waals surface area contributed by atoms with Gasteiger partial charge < -0.3 is 9.84 Å². The Kier molecular flexibility index (Phi) is 6.19. The molecule has 2 unspecified atom stereocenters. The lowest BCUT2D eigenvalue weighted by atomic mass is 9.97. The molecule has 1 fully saturated rings. The van der Waals surface area contributed by atoms with E-state index in [4.69, 9.17) is 4.52 Å². The van der Waals surface area contributed by atoms with Crippen molar-refractivity contribution in [3.8, 4) is 6.07 Å². The fourth-order valence-corrected chi connectivity index (χ4v) is 5.34. The molecule has 0 saturated carbocycles. The maximum absolute atomic E-state index is 14.0. The number of hydrogen-bond donors (Lipinski definition) is 1. The van der Waals surface area contributed by atoms with E-state index in [1.165, 1.54) is 18.2 Å². The van der Waals surface area contributed by atoms with Crippen LogP contribution >= 0.6 is 0 Å². The maximum atomic E-state index is 14.0.